The third-order valence-electron chi connectivity index (χ3n) is 6.20. The first-order valence-corrected chi connectivity index (χ1v) is 12.2. The average Bonchev–Trinajstić information content (AvgIpc) is 3.66. The molecule has 3 amide bonds. The quantitative estimate of drug-likeness (QED) is 0.415. The van der Waals surface area contributed by atoms with Gasteiger partial charge in [-0.05, 0) is 36.6 Å². The molecule has 2 heterocycles. The van der Waals surface area contributed by atoms with Crippen molar-refractivity contribution in [3.05, 3.63) is 89.9 Å². The Kier molecular flexibility index (Phi) is 8.93. The zero-order chi connectivity index (χ0) is 26.0. The summed E-state index contributed by atoms with van der Waals surface area (Å²) < 4.78 is 16.3. The topological polar surface area (TPSA) is 110 Å². The highest BCUT2D eigenvalue weighted by Gasteiger charge is 2.33. The molecule has 1 aromatic heterocycles. The Morgan fingerprint density at radius 2 is 1.81 bits per heavy atom. The first-order chi connectivity index (χ1) is 18.1. The number of para-hydroxylation sites is 1. The molecule has 37 heavy (non-hydrogen) atoms. The molecule has 0 radical (unpaired) electrons. The number of benzene rings is 2. The highest BCUT2D eigenvalue weighted by Crippen LogP contribution is 2.27. The number of furan rings is 1. The van der Waals surface area contributed by atoms with Crippen molar-refractivity contribution in [2.24, 2.45) is 0 Å². The first kappa shape index (κ1) is 26.0. The van der Waals surface area contributed by atoms with Gasteiger partial charge in [-0.25, -0.2) is 0 Å². The van der Waals surface area contributed by atoms with Gasteiger partial charge in [0, 0.05) is 18.7 Å². The molecule has 0 bridgehead atoms. The van der Waals surface area contributed by atoms with E-state index < -0.39 is 17.9 Å². The number of ether oxygens (including phenoxy) is 2. The van der Waals surface area contributed by atoms with Crippen LogP contribution < -0.4 is 15.4 Å². The summed E-state index contributed by atoms with van der Waals surface area (Å²) in [4.78, 5) is 41.1. The largest absolute Gasteiger partial charge is 0.496 e. The van der Waals surface area contributed by atoms with Gasteiger partial charge in [-0.3, -0.25) is 14.4 Å². The van der Waals surface area contributed by atoms with Gasteiger partial charge in [0.2, 0.25) is 11.8 Å². The molecule has 3 aromatic rings. The number of amides is 3. The van der Waals surface area contributed by atoms with Crippen LogP contribution in [0.1, 0.15) is 40.6 Å². The molecule has 2 aromatic carbocycles. The maximum absolute atomic E-state index is 13.6. The van der Waals surface area contributed by atoms with Crippen molar-refractivity contribution in [2.75, 3.05) is 26.8 Å². The summed E-state index contributed by atoms with van der Waals surface area (Å²) in [5.41, 5.74) is 1.37. The molecule has 1 saturated heterocycles. The van der Waals surface area contributed by atoms with Gasteiger partial charge in [-0.15, -0.1) is 0 Å². The molecule has 1 aliphatic rings. The lowest BCUT2D eigenvalue weighted by atomic mass is 10.0. The van der Waals surface area contributed by atoms with Crippen LogP contribution in [0.15, 0.2) is 77.4 Å². The second kappa shape index (κ2) is 12.7. The number of hydrogen-bond acceptors (Lipinski definition) is 6. The predicted molar refractivity (Wildman–Crippen MR) is 136 cm³/mol. The van der Waals surface area contributed by atoms with Gasteiger partial charge in [0.05, 0.1) is 32.6 Å². The zero-order valence-corrected chi connectivity index (χ0v) is 20.7. The van der Waals surface area contributed by atoms with Gasteiger partial charge in [0.25, 0.3) is 5.91 Å². The molecule has 0 aliphatic carbocycles. The Hall–Kier alpha value is -4.11. The molecule has 0 unspecified atom stereocenters. The van der Waals surface area contributed by atoms with Crippen LogP contribution in [0, 0.1) is 0 Å². The van der Waals surface area contributed by atoms with Crippen LogP contribution in [0.3, 0.4) is 0 Å². The van der Waals surface area contributed by atoms with Gasteiger partial charge in [-0.2, -0.15) is 0 Å². The van der Waals surface area contributed by atoms with Gasteiger partial charge in [0.1, 0.15) is 11.8 Å². The van der Waals surface area contributed by atoms with Crippen molar-refractivity contribution >= 4 is 17.7 Å². The fourth-order valence-electron chi connectivity index (χ4n) is 4.32. The third-order valence-corrected chi connectivity index (χ3v) is 6.20. The van der Waals surface area contributed by atoms with Crippen LogP contribution in [0.2, 0.25) is 0 Å². The minimum absolute atomic E-state index is 0.0497. The standard InChI is InChI=1S/C28H31N3O6/c1-35-23-13-6-5-11-21(23)19-31(25(32)18-30-27(33)24-14-8-16-37-24)26(20-9-3-2-4-10-20)28(34)29-17-22-12-7-15-36-22/h2-6,8-11,13-14,16,22,26H,7,12,15,17-19H2,1H3,(H,29,34)(H,30,33)/t22-,26+/m1/s1. The molecule has 1 aliphatic heterocycles. The van der Waals surface area contributed by atoms with E-state index in [0.717, 1.165) is 18.4 Å². The minimum Gasteiger partial charge on any atom is -0.496 e. The zero-order valence-electron chi connectivity index (χ0n) is 20.7. The molecule has 2 N–H and O–H groups in total. The highest BCUT2D eigenvalue weighted by atomic mass is 16.5. The lowest BCUT2D eigenvalue weighted by Crippen LogP contribution is -2.48. The van der Waals surface area contributed by atoms with Crippen LogP contribution in [0.5, 0.6) is 5.75 Å². The molecular weight excluding hydrogens is 474 g/mol. The number of carbonyl (C=O) groups excluding carboxylic acids is 3. The van der Waals surface area contributed by atoms with Gasteiger partial charge < -0.3 is 29.4 Å². The second-order valence-electron chi connectivity index (χ2n) is 8.69. The van der Waals surface area contributed by atoms with Gasteiger partial charge in [0.15, 0.2) is 5.76 Å². The molecule has 1 fully saturated rings. The lowest BCUT2D eigenvalue weighted by molar-refractivity contribution is -0.141. The fraction of sp³-hybridized carbons (Fsp3) is 0.321. The van der Waals surface area contributed by atoms with Crippen molar-refractivity contribution in [3.63, 3.8) is 0 Å². The van der Waals surface area contributed by atoms with Crippen LogP contribution in [-0.4, -0.2) is 55.5 Å². The summed E-state index contributed by atoms with van der Waals surface area (Å²) in [6, 6.07) is 18.6. The van der Waals surface area contributed by atoms with Crippen molar-refractivity contribution in [3.8, 4) is 5.75 Å². The number of nitrogens with one attached hydrogen (secondary N) is 2. The molecular formula is C28H31N3O6. The number of carbonyl (C=O) groups is 3. The van der Waals surface area contributed by atoms with Gasteiger partial charge >= 0.3 is 0 Å². The summed E-state index contributed by atoms with van der Waals surface area (Å²) in [7, 11) is 1.55. The molecule has 194 valence electrons. The first-order valence-electron chi connectivity index (χ1n) is 12.2. The van der Waals surface area contributed by atoms with E-state index in [-0.39, 0.29) is 30.9 Å². The van der Waals surface area contributed by atoms with Gasteiger partial charge in [-0.1, -0.05) is 48.5 Å². The average molecular weight is 506 g/mol. The number of hydrogen-bond donors (Lipinski definition) is 2. The maximum Gasteiger partial charge on any atom is 0.287 e. The number of methoxy groups -OCH3 is 1. The SMILES string of the molecule is COc1ccccc1CN(C(=O)CNC(=O)c1ccco1)[C@H](C(=O)NC[C@H]1CCCO1)c1ccccc1. The summed E-state index contributed by atoms with van der Waals surface area (Å²) in [6.07, 6.45) is 3.16. The van der Waals surface area contributed by atoms with Crippen LogP contribution in [-0.2, 0) is 20.9 Å². The molecule has 0 spiro atoms. The van der Waals surface area contributed by atoms with Crippen LogP contribution >= 0.6 is 0 Å². The Bertz CT molecular complexity index is 1180. The number of nitrogens with zero attached hydrogens (tertiary/aromatic N) is 1. The van der Waals surface area contributed by atoms with E-state index in [1.807, 2.05) is 36.4 Å². The predicted octanol–water partition coefficient (Wildman–Crippen LogP) is 3.08. The minimum atomic E-state index is -0.944. The van der Waals surface area contributed by atoms with Crippen molar-refractivity contribution < 1.29 is 28.3 Å². The smallest absolute Gasteiger partial charge is 0.287 e. The van der Waals surface area contributed by atoms with Crippen molar-refractivity contribution in [1.29, 1.82) is 0 Å². The van der Waals surface area contributed by atoms with Crippen LogP contribution in [0.25, 0.3) is 0 Å². The molecule has 2 atom stereocenters. The van der Waals surface area contributed by atoms with E-state index >= 15 is 0 Å². The summed E-state index contributed by atoms with van der Waals surface area (Å²) in [5.74, 6) is -0.603. The maximum atomic E-state index is 13.6. The summed E-state index contributed by atoms with van der Waals surface area (Å²) in [5, 5.41) is 5.56. The fourth-order valence-corrected chi connectivity index (χ4v) is 4.32. The summed E-state index contributed by atoms with van der Waals surface area (Å²) in [6.45, 7) is 0.800. The second-order valence-corrected chi connectivity index (χ2v) is 8.69. The van der Waals surface area contributed by atoms with Crippen LogP contribution in [0.4, 0.5) is 0 Å². The number of rotatable bonds is 11. The Morgan fingerprint density at radius 3 is 2.51 bits per heavy atom. The third kappa shape index (κ3) is 6.77. The van der Waals surface area contributed by atoms with E-state index in [4.69, 9.17) is 13.9 Å². The Labute approximate surface area is 215 Å². The Morgan fingerprint density at radius 1 is 1.03 bits per heavy atom. The Balaban J connectivity index is 1.62. The molecule has 4 rings (SSSR count). The van der Waals surface area contributed by atoms with E-state index in [1.54, 1.807) is 31.4 Å². The van der Waals surface area contributed by atoms with E-state index in [0.29, 0.717) is 24.5 Å². The molecule has 0 saturated carbocycles. The van der Waals surface area contributed by atoms with Crippen molar-refractivity contribution in [1.82, 2.24) is 15.5 Å². The van der Waals surface area contributed by atoms with E-state index in [2.05, 4.69) is 10.6 Å². The van der Waals surface area contributed by atoms with Crippen molar-refractivity contribution in [2.45, 2.75) is 31.5 Å². The lowest BCUT2D eigenvalue weighted by Gasteiger charge is -2.32. The molecule has 9 nitrogen and oxygen atoms in total. The highest BCUT2D eigenvalue weighted by molar-refractivity contribution is 5.95. The normalized spacial score (nSPS) is 15.5. The summed E-state index contributed by atoms with van der Waals surface area (Å²) >= 11 is 0. The molecule has 9 heteroatoms. The monoisotopic (exact) mass is 505 g/mol. The van der Waals surface area contributed by atoms with E-state index in [1.165, 1.54) is 17.2 Å². The van der Waals surface area contributed by atoms with E-state index in [9.17, 15) is 14.4 Å².